The number of fused-ring (bicyclic) bond motifs is 1. The molecule has 1 aliphatic heterocycles. The zero-order chi connectivity index (χ0) is 15.5. The third kappa shape index (κ3) is 2.93. The number of amides is 1. The molecule has 3 atom stereocenters. The smallest absolute Gasteiger partial charge is 0.263 e. The first-order valence-corrected chi connectivity index (χ1v) is 7.78. The summed E-state index contributed by atoms with van der Waals surface area (Å²) >= 11 is 0. The first kappa shape index (κ1) is 14.9. The molecule has 0 bridgehead atoms. The molecule has 1 aromatic carbocycles. The van der Waals surface area contributed by atoms with Gasteiger partial charge in [-0.2, -0.15) is 5.26 Å². The van der Waals surface area contributed by atoms with E-state index in [1.165, 1.54) is 0 Å². The second-order valence-corrected chi connectivity index (χ2v) is 5.84. The van der Waals surface area contributed by atoms with Gasteiger partial charge in [-0.1, -0.05) is 6.07 Å². The van der Waals surface area contributed by atoms with Crippen molar-refractivity contribution in [3.05, 3.63) is 29.8 Å². The highest BCUT2D eigenvalue weighted by molar-refractivity contribution is 5.81. The van der Waals surface area contributed by atoms with E-state index in [9.17, 15) is 4.79 Å². The Morgan fingerprint density at radius 3 is 3.18 bits per heavy atom. The molecule has 0 aromatic heterocycles. The maximum Gasteiger partial charge on any atom is 0.263 e. The molecule has 0 spiro atoms. The minimum Gasteiger partial charge on any atom is -0.481 e. The van der Waals surface area contributed by atoms with Crippen LogP contribution in [0.25, 0.3) is 0 Å². The third-order valence-electron chi connectivity index (χ3n) is 4.39. The number of carbonyl (C=O) groups is 1. The van der Waals surface area contributed by atoms with Crippen LogP contribution in [0.15, 0.2) is 24.3 Å². The number of morpholine rings is 1. The van der Waals surface area contributed by atoms with Gasteiger partial charge >= 0.3 is 0 Å². The predicted octanol–water partition coefficient (Wildman–Crippen LogP) is 2.11. The van der Waals surface area contributed by atoms with Crippen LogP contribution in [0.1, 0.15) is 31.7 Å². The average molecular weight is 300 g/mol. The number of ether oxygens (including phenoxy) is 2. The molecule has 2 fully saturated rings. The van der Waals surface area contributed by atoms with Gasteiger partial charge in [0.2, 0.25) is 0 Å². The van der Waals surface area contributed by atoms with Crippen LogP contribution in [0.4, 0.5) is 0 Å². The summed E-state index contributed by atoms with van der Waals surface area (Å²) in [5.41, 5.74) is 0.527. The third-order valence-corrected chi connectivity index (χ3v) is 4.39. The summed E-state index contributed by atoms with van der Waals surface area (Å²) < 4.78 is 11.5. The highest BCUT2D eigenvalue weighted by Gasteiger charge is 2.39. The molecular weight excluding hydrogens is 280 g/mol. The van der Waals surface area contributed by atoms with Crippen molar-refractivity contribution in [3.63, 3.8) is 0 Å². The molecule has 22 heavy (non-hydrogen) atoms. The highest BCUT2D eigenvalue weighted by atomic mass is 16.5. The van der Waals surface area contributed by atoms with Crippen molar-refractivity contribution in [2.45, 2.75) is 44.4 Å². The van der Waals surface area contributed by atoms with Gasteiger partial charge in [0.05, 0.1) is 30.4 Å². The van der Waals surface area contributed by atoms with Gasteiger partial charge in [0.25, 0.3) is 5.91 Å². The van der Waals surface area contributed by atoms with E-state index in [0.717, 1.165) is 19.3 Å². The molecule has 116 valence electrons. The number of rotatable bonds is 3. The summed E-state index contributed by atoms with van der Waals surface area (Å²) in [4.78, 5) is 14.6. The minimum atomic E-state index is -0.562. The summed E-state index contributed by atoms with van der Waals surface area (Å²) in [5, 5.41) is 8.92. The van der Waals surface area contributed by atoms with Crippen LogP contribution in [0.5, 0.6) is 5.75 Å². The van der Waals surface area contributed by atoms with E-state index < -0.39 is 6.10 Å². The van der Waals surface area contributed by atoms with Crippen LogP contribution >= 0.6 is 0 Å². The molecule has 3 unspecified atom stereocenters. The fraction of sp³-hybridized carbons (Fsp3) is 0.529. The number of hydrogen-bond acceptors (Lipinski definition) is 4. The topological polar surface area (TPSA) is 62.6 Å². The van der Waals surface area contributed by atoms with Crippen molar-refractivity contribution in [2.75, 3.05) is 13.2 Å². The lowest BCUT2D eigenvalue weighted by atomic mass is 10.1. The zero-order valence-corrected chi connectivity index (χ0v) is 12.7. The molecule has 3 rings (SSSR count). The van der Waals surface area contributed by atoms with Gasteiger partial charge in [-0.3, -0.25) is 4.79 Å². The van der Waals surface area contributed by atoms with Gasteiger partial charge in [-0.05, 0) is 44.4 Å². The molecule has 1 amide bonds. The van der Waals surface area contributed by atoms with Crippen LogP contribution in [0.2, 0.25) is 0 Å². The average Bonchev–Trinajstić information content (AvgIpc) is 3.02. The van der Waals surface area contributed by atoms with Gasteiger partial charge in [0, 0.05) is 6.54 Å². The monoisotopic (exact) mass is 300 g/mol. The van der Waals surface area contributed by atoms with Crippen LogP contribution in [-0.2, 0) is 9.53 Å². The van der Waals surface area contributed by atoms with Gasteiger partial charge in [0.15, 0.2) is 6.10 Å². The zero-order valence-electron chi connectivity index (χ0n) is 12.7. The van der Waals surface area contributed by atoms with Crippen LogP contribution in [-0.4, -0.2) is 42.2 Å². The Bertz CT molecular complexity index is 596. The molecule has 1 saturated carbocycles. The molecule has 0 N–H and O–H groups in total. The van der Waals surface area contributed by atoms with Crippen molar-refractivity contribution in [3.8, 4) is 11.8 Å². The number of carbonyl (C=O) groups excluding carboxylic acids is 1. The molecule has 1 saturated heterocycles. The summed E-state index contributed by atoms with van der Waals surface area (Å²) in [6.07, 6.45) is 2.78. The lowest BCUT2D eigenvalue weighted by Crippen LogP contribution is -2.54. The summed E-state index contributed by atoms with van der Waals surface area (Å²) in [7, 11) is 0. The van der Waals surface area contributed by atoms with Gasteiger partial charge in [-0.15, -0.1) is 0 Å². The molecule has 1 aliphatic carbocycles. The van der Waals surface area contributed by atoms with Gasteiger partial charge < -0.3 is 14.4 Å². The van der Waals surface area contributed by atoms with Crippen molar-refractivity contribution in [2.24, 2.45) is 0 Å². The number of hydrogen-bond donors (Lipinski definition) is 0. The fourth-order valence-corrected chi connectivity index (χ4v) is 3.33. The van der Waals surface area contributed by atoms with Gasteiger partial charge in [-0.25, -0.2) is 0 Å². The van der Waals surface area contributed by atoms with E-state index in [0.29, 0.717) is 24.5 Å². The number of nitriles is 1. The second kappa shape index (κ2) is 6.37. The van der Waals surface area contributed by atoms with Crippen LogP contribution < -0.4 is 4.74 Å². The normalized spacial score (nSPS) is 25.2. The summed E-state index contributed by atoms with van der Waals surface area (Å²) in [6, 6.07) is 9.15. The standard InChI is InChI=1S/C17H20N2O3/c1-12(22-14-5-2-4-13(10-14)11-18)17(20)19-8-9-21-16-7-3-6-15(16)19/h2,4-5,10,12,15-16H,3,6-9H2,1H3. The molecular formula is C17H20N2O3. The van der Waals surface area contributed by atoms with E-state index in [1.54, 1.807) is 31.2 Å². The van der Waals surface area contributed by atoms with Crippen molar-refractivity contribution < 1.29 is 14.3 Å². The first-order chi connectivity index (χ1) is 10.7. The fourth-order valence-electron chi connectivity index (χ4n) is 3.33. The molecule has 1 aromatic rings. The predicted molar refractivity (Wildman–Crippen MR) is 80.3 cm³/mol. The van der Waals surface area contributed by atoms with Crippen molar-refractivity contribution in [1.82, 2.24) is 4.90 Å². The lowest BCUT2D eigenvalue weighted by molar-refractivity contribution is -0.150. The summed E-state index contributed by atoms with van der Waals surface area (Å²) in [6.45, 7) is 3.00. The van der Waals surface area contributed by atoms with E-state index >= 15 is 0 Å². The Balaban J connectivity index is 1.67. The maximum atomic E-state index is 12.7. The molecule has 2 aliphatic rings. The van der Waals surface area contributed by atoms with E-state index in [2.05, 4.69) is 6.07 Å². The molecule has 0 radical (unpaired) electrons. The minimum absolute atomic E-state index is 0.00237. The first-order valence-electron chi connectivity index (χ1n) is 7.78. The SMILES string of the molecule is CC(Oc1cccc(C#N)c1)C(=O)N1CCOC2CCCC21. The largest absolute Gasteiger partial charge is 0.481 e. The Morgan fingerprint density at radius 2 is 2.36 bits per heavy atom. The Kier molecular flexibility index (Phi) is 4.30. The Morgan fingerprint density at radius 1 is 1.50 bits per heavy atom. The molecule has 1 heterocycles. The number of nitrogens with zero attached hydrogens (tertiary/aromatic N) is 2. The van der Waals surface area contributed by atoms with Crippen molar-refractivity contribution in [1.29, 1.82) is 5.26 Å². The summed E-state index contributed by atoms with van der Waals surface area (Å²) in [5.74, 6) is 0.554. The lowest BCUT2D eigenvalue weighted by Gasteiger charge is -2.38. The van der Waals surface area contributed by atoms with E-state index in [1.807, 2.05) is 4.90 Å². The molecule has 5 nitrogen and oxygen atoms in total. The number of benzene rings is 1. The van der Waals surface area contributed by atoms with Crippen LogP contribution in [0, 0.1) is 11.3 Å². The quantitative estimate of drug-likeness (QED) is 0.857. The van der Waals surface area contributed by atoms with Crippen LogP contribution in [0.3, 0.4) is 0 Å². The second-order valence-electron chi connectivity index (χ2n) is 5.84. The van der Waals surface area contributed by atoms with Gasteiger partial charge in [0.1, 0.15) is 5.75 Å². The molecule has 5 heteroatoms. The van der Waals surface area contributed by atoms with E-state index in [4.69, 9.17) is 14.7 Å². The highest BCUT2D eigenvalue weighted by Crippen LogP contribution is 2.30. The Hall–Kier alpha value is -2.06. The maximum absolute atomic E-state index is 12.7. The van der Waals surface area contributed by atoms with E-state index in [-0.39, 0.29) is 18.1 Å². The Labute approximate surface area is 130 Å². The van der Waals surface area contributed by atoms with Crippen molar-refractivity contribution >= 4 is 5.91 Å².